The van der Waals surface area contributed by atoms with Gasteiger partial charge in [0.1, 0.15) is 0 Å². The van der Waals surface area contributed by atoms with Gasteiger partial charge in [-0.15, -0.1) is 0 Å². The van der Waals surface area contributed by atoms with Crippen molar-refractivity contribution in [3.63, 3.8) is 0 Å². The summed E-state index contributed by atoms with van der Waals surface area (Å²) in [5.41, 5.74) is 1.39. The highest BCUT2D eigenvalue weighted by Gasteiger charge is 2.48. The molecule has 0 aromatic heterocycles. The van der Waals surface area contributed by atoms with Gasteiger partial charge >= 0.3 is 0 Å². The number of nitriles is 1. The summed E-state index contributed by atoms with van der Waals surface area (Å²) >= 11 is 0. The first-order chi connectivity index (χ1) is 10.2. The molecule has 112 valence electrons. The van der Waals surface area contributed by atoms with Crippen LogP contribution in [-0.2, 0) is 10.2 Å². The van der Waals surface area contributed by atoms with Crippen molar-refractivity contribution in [2.75, 3.05) is 20.3 Å². The fraction of sp³-hybridized carbons (Fsp3) is 0.611. The smallest absolute Gasteiger partial charge is 0.0852 e. The molecule has 2 aliphatic rings. The van der Waals surface area contributed by atoms with E-state index in [4.69, 9.17) is 4.74 Å². The summed E-state index contributed by atoms with van der Waals surface area (Å²) in [6.07, 6.45) is 5.67. The van der Waals surface area contributed by atoms with E-state index in [-0.39, 0.29) is 5.41 Å². The zero-order chi connectivity index (χ0) is 14.8. The van der Waals surface area contributed by atoms with E-state index in [1.165, 1.54) is 18.4 Å². The van der Waals surface area contributed by atoms with Crippen LogP contribution in [0.4, 0.5) is 0 Å². The molecule has 1 aromatic rings. The van der Waals surface area contributed by atoms with E-state index >= 15 is 0 Å². The van der Waals surface area contributed by atoms with E-state index in [9.17, 15) is 5.26 Å². The van der Waals surface area contributed by atoms with Gasteiger partial charge in [-0.3, -0.25) is 0 Å². The minimum Gasteiger partial charge on any atom is -0.385 e. The van der Waals surface area contributed by atoms with Crippen LogP contribution in [0.3, 0.4) is 0 Å². The molecule has 3 rings (SSSR count). The predicted molar refractivity (Wildman–Crippen MR) is 82.9 cm³/mol. The summed E-state index contributed by atoms with van der Waals surface area (Å²) in [6.45, 7) is 1.94. The van der Waals surface area contributed by atoms with Crippen molar-refractivity contribution in [3.8, 4) is 6.07 Å². The third-order valence-corrected chi connectivity index (χ3v) is 5.29. The Morgan fingerprint density at radius 2 is 2.00 bits per heavy atom. The Balaban J connectivity index is 1.50. The molecule has 2 aliphatic carbocycles. The van der Waals surface area contributed by atoms with Crippen LogP contribution in [0.2, 0.25) is 0 Å². The average Bonchev–Trinajstić information content (AvgIpc) is 3.26. The SMILES string of the molecule is COCCC1(CNC2CC(C#N)(c3ccccc3)C2)CC1. The molecule has 2 fully saturated rings. The lowest BCUT2D eigenvalue weighted by atomic mass is 9.62. The zero-order valence-electron chi connectivity index (χ0n) is 12.8. The van der Waals surface area contributed by atoms with Gasteiger partial charge in [-0.2, -0.15) is 5.26 Å². The number of nitrogens with one attached hydrogen (secondary N) is 1. The lowest BCUT2D eigenvalue weighted by Gasteiger charge is -2.44. The van der Waals surface area contributed by atoms with Crippen LogP contribution >= 0.6 is 0 Å². The third kappa shape index (κ3) is 2.97. The minimum absolute atomic E-state index is 0.262. The van der Waals surface area contributed by atoms with Gasteiger partial charge in [0, 0.05) is 26.3 Å². The topological polar surface area (TPSA) is 45.0 Å². The third-order valence-electron chi connectivity index (χ3n) is 5.29. The minimum atomic E-state index is -0.262. The number of hydrogen-bond donors (Lipinski definition) is 1. The summed E-state index contributed by atoms with van der Waals surface area (Å²) in [4.78, 5) is 0. The molecule has 0 unspecified atom stereocenters. The largest absolute Gasteiger partial charge is 0.385 e. The molecule has 1 N–H and O–H groups in total. The van der Waals surface area contributed by atoms with Crippen LogP contribution in [0.1, 0.15) is 37.7 Å². The molecule has 1 aromatic carbocycles. The first-order valence-corrected chi connectivity index (χ1v) is 7.91. The van der Waals surface area contributed by atoms with Crippen molar-refractivity contribution in [1.29, 1.82) is 5.26 Å². The van der Waals surface area contributed by atoms with Gasteiger partial charge in [0.2, 0.25) is 0 Å². The molecule has 0 heterocycles. The maximum atomic E-state index is 9.57. The van der Waals surface area contributed by atoms with Crippen molar-refractivity contribution in [3.05, 3.63) is 35.9 Å². The molecule has 0 bridgehead atoms. The Hall–Kier alpha value is -1.37. The van der Waals surface area contributed by atoms with Gasteiger partial charge in [0.25, 0.3) is 0 Å². The lowest BCUT2D eigenvalue weighted by Crippen LogP contribution is -2.52. The molecular weight excluding hydrogens is 260 g/mol. The second-order valence-electron chi connectivity index (χ2n) is 6.79. The summed E-state index contributed by atoms with van der Waals surface area (Å²) < 4.78 is 5.20. The van der Waals surface area contributed by atoms with E-state index in [1.54, 1.807) is 7.11 Å². The Labute approximate surface area is 127 Å². The maximum absolute atomic E-state index is 9.57. The van der Waals surface area contributed by atoms with Crippen molar-refractivity contribution in [2.24, 2.45) is 5.41 Å². The molecule has 0 aliphatic heterocycles. The van der Waals surface area contributed by atoms with Gasteiger partial charge in [-0.25, -0.2) is 0 Å². The molecule has 0 radical (unpaired) electrons. The Morgan fingerprint density at radius 1 is 1.29 bits per heavy atom. The number of hydrogen-bond acceptors (Lipinski definition) is 3. The van der Waals surface area contributed by atoms with Crippen molar-refractivity contribution >= 4 is 0 Å². The van der Waals surface area contributed by atoms with Gasteiger partial charge < -0.3 is 10.1 Å². The monoisotopic (exact) mass is 284 g/mol. The van der Waals surface area contributed by atoms with Gasteiger partial charge in [-0.1, -0.05) is 30.3 Å². The fourth-order valence-electron chi connectivity index (χ4n) is 3.45. The van der Waals surface area contributed by atoms with Crippen molar-refractivity contribution in [1.82, 2.24) is 5.32 Å². The molecular formula is C18H24N2O. The molecule has 0 amide bonds. The Kier molecular flexibility index (Phi) is 4.01. The van der Waals surface area contributed by atoms with Gasteiger partial charge in [-0.05, 0) is 43.1 Å². The second-order valence-corrected chi connectivity index (χ2v) is 6.79. The zero-order valence-corrected chi connectivity index (χ0v) is 12.8. The van der Waals surface area contributed by atoms with Crippen LogP contribution in [-0.4, -0.2) is 26.3 Å². The van der Waals surface area contributed by atoms with E-state index in [0.717, 1.165) is 32.4 Å². The summed E-state index contributed by atoms with van der Waals surface area (Å²) in [5, 5.41) is 13.3. The van der Waals surface area contributed by atoms with Crippen LogP contribution < -0.4 is 5.32 Å². The lowest BCUT2D eigenvalue weighted by molar-refractivity contribution is 0.162. The van der Waals surface area contributed by atoms with Gasteiger partial charge in [0.15, 0.2) is 0 Å². The van der Waals surface area contributed by atoms with Crippen LogP contribution in [0.5, 0.6) is 0 Å². The second kappa shape index (κ2) is 5.79. The van der Waals surface area contributed by atoms with Crippen molar-refractivity contribution < 1.29 is 4.74 Å². The summed E-state index contributed by atoms with van der Waals surface area (Å²) in [5.74, 6) is 0. The Bertz CT molecular complexity index is 510. The molecule has 21 heavy (non-hydrogen) atoms. The van der Waals surface area contributed by atoms with E-state index < -0.39 is 0 Å². The molecule has 0 atom stereocenters. The first-order valence-electron chi connectivity index (χ1n) is 7.91. The molecule has 3 heteroatoms. The number of benzene rings is 1. The summed E-state index contributed by atoms with van der Waals surface area (Å²) in [7, 11) is 1.77. The average molecular weight is 284 g/mol. The Morgan fingerprint density at radius 3 is 2.57 bits per heavy atom. The summed E-state index contributed by atoms with van der Waals surface area (Å²) in [6, 6.07) is 13.3. The van der Waals surface area contributed by atoms with Crippen LogP contribution in [0.15, 0.2) is 30.3 Å². The molecule has 0 saturated heterocycles. The molecule has 0 spiro atoms. The van der Waals surface area contributed by atoms with Crippen LogP contribution in [0.25, 0.3) is 0 Å². The highest BCUT2D eigenvalue weighted by atomic mass is 16.5. The highest BCUT2D eigenvalue weighted by Crippen LogP contribution is 2.49. The highest BCUT2D eigenvalue weighted by molar-refractivity contribution is 5.36. The number of rotatable bonds is 7. The van der Waals surface area contributed by atoms with Crippen LogP contribution in [0, 0.1) is 16.7 Å². The number of ether oxygens (including phenoxy) is 1. The standard InChI is InChI=1S/C18H24N2O/c1-21-10-9-17(7-8-17)14-20-16-11-18(12-16,13-19)15-5-3-2-4-6-15/h2-6,16,20H,7-12,14H2,1H3. The number of nitrogens with zero attached hydrogens (tertiary/aromatic N) is 1. The first kappa shape index (κ1) is 14.6. The molecule has 3 nitrogen and oxygen atoms in total. The predicted octanol–water partition coefficient (Wildman–Crippen LogP) is 3.02. The van der Waals surface area contributed by atoms with E-state index in [1.807, 2.05) is 18.2 Å². The van der Waals surface area contributed by atoms with E-state index in [0.29, 0.717) is 11.5 Å². The fourth-order valence-corrected chi connectivity index (χ4v) is 3.45. The van der Waals surface area contributed by atoms with Crippen molar-refractivity contribution in [2.45, 2.75) is 43.6 Å². The quantitative estimate of drug-likeness (QED) is 0.837. The van der Waals surface area contributed by atoms with E-state index in [2.05, 4.69) is 23.5 Å². The normalized spacial score (nSPS) is 29.4. The van der Waals surface area contributed by atoms with Gasteiger partial charge in [0.05, 0.1) is 11.5 Å². The maximum Gasteiger partial charge on any atom is 0.0852 e. The number of methoxy groups -OCH3 is 1. The molecule has 2 saturated carbocycles.